The summed E-state index contributed by atoms with van der Waals surface area (Å²) in [4.78, 5) is 26.2. The van der Waals surface area contributed by atoms with Crippen LogP contribution in [0.5, 0.6) is 0 Å². The highest BCUT2D eigenvalue weighted by atomic mass is 32.2. The molecule has 0 radical (unpaired) electrons. The molecule has 0 aromatic heterocycles. The number of carbonyl (C=O) groups excluding carboxylic acids is 1. The summed E-state index contributed by atoms with van der Waals surface area (Å²) in [6.07, 6.45) is 0.358. The van der Waals surface area contributed by atoms with Crippen molar-refractivity contribution >= 4 is 21.7 Å². The van der Waals surface area contributed by atoms with Gasteiger partial charge in [0.15, 0.2) is 9.84 Å². The van der Waals surface area contributed by atoms with E-state index in [0.29, 0.717) is 23.1 Å². The van der Waals surface area contributed by atoms with E-state index < -0.39 is 33.6 Å². The number of benzene rings is 2. The number of aryl methyl sites for hydroxylation is 1. The van der Waals surface area contributed by atoms with Gasteiger partial charge in [-0.05, 0) is 53.4 Å². The van der Waals surface area contributed by atoms with Crippen LogP contribution in [-0.4, -0.2) is 42.1 Å². The van der Waals surface area contributed by atoms with Gasteiger partial charge in [-0.25, -0.2) is 17.6 Å². The molecule has 2 aromatic rings. The Balaban J connectivity index is 1.70. The standard InChI is InChI=1S/C19H16FNO5S/c20-15-3-1-13-10-21(16(19(23)24)9-14(13)8-15)18(22)12-2-4-17-11(7-12)5-6-27(17,25)26/h1-4,7-8,16H,5-6,9-10H2,(H,23,24)/t16-/m0/s1. The topological polar surface area (TPSA) is 91.8 Å². The van der Waals surface area contributed by atoms with Gasteiger partial charge < -0.3 is 10.0 Å². The Morgan fingerprint density at radius 1 is 1.07 bits per heavy atom. The number of carboxylic acids is 1. The third-order valence-electron chi connectivity index (χ3n) is 5.13. The van der Waals surface area contributed by atoms with E-state index in [0.717, 1.165) is 0 Å². The molecule has 27 heavy (non-hydrogen) atoms. The Morgan fingerprint density at radius 2 is 1.85 bits per heavy atom. The molecule has 1 atom stereocenters. The normalized spacial score (nSPS) is 20.0. The van der Waals surface area contributed by atoms with Crippen LogP contribution >= 0.6 is 0 Å². The van der Waals surface area contributed by atoms with Crippen LogP contribution in [0.3, 0.4) is 0 Å². The lowest BCUT2D eigenvalue weighted by molar-refractivity contribution is -0.142. The predicted octanol–water partition coefficient (Wildman–Crippen LogP) is 1.81. The summed E-state index contributed by atoms with van der Waals surface area (Å²) >= 11 is 0. The van der Waals surface area contributed by atoms with Crippen LogP contribution in [0.1, 0.15) is 27.0 Å². The van der Waals surface area contributed by atoms with Gasteiger partial charge in [0.05, 0.1) is 10.6 Å². The van der Waals surface area contributed by atoms with Crippen molar-refractivity contribution in [3.63, 3.8) is 0 Å². The van der Waals surface area contributed by atoms with Crippen LogP contribution in [-0.2, 0) is 34.0 Å². The van der Waals surface area contributed by atoms with Crippen LogP contribution in [0, 0.1) is 5.82 Å². The number of rotatable bonds is 2. The first-order valence-corrected chi connectivity index (χ1v) is 10.1. The van der Waals surface area contributed by atoms with E-state index in [2.05, 4.69) is 0 Å². The fourth-order valence-corrected chi connectivity index (χ4v) is 5.26. The van der Waals surface area contributed by atoms with Crippen molar-refractivity contribution in [1.29, 1.82) is 0 Å². The molecule has 1 amide bonds. The van der Waals surface area contributed by atoms with E-state index in [1.807, 2.05) is 0 Å². The van der Waals surface area contributed by atoms with E-state index in [1.54, 1.807) is 6.07 Å². The Hall–Kier alpha value is -2.74. The van der Waals surface area contributed by atoms with Crippen molar-refractivity contribution in [2.24, 2.45) is 0 Å². The van der Waals surface area contributed by atoms with Gasteiger partial charge in [0.25, 0.3) is 5.91 Å². The van der Waals surface area contributed by atoms with E-state index in [1.165, 1.54) is 35.2 Å². The third-order valence-corrected chi connectivity index (χ3v) is 6.94. The molecule has 0 aliphatic carbocycles. The van der Waals surface area contributed by atoms with Gasteiger partial charge in [0.1, 0.15) is 11.9 Å². The molecule has 2 aliphatic heterocycles. The summed E-state index contributed by atoms with van der Waals surface area (Å²) < 4.78 is 37.3. The van der Waals surface area contributed by atoms with Crippen LogP contribution in [0.2, 0.25) is 0 Å². The summed E-state index contributed by atoms with van der Waals surface area (Å²) in [5.41, 5.74) is 2.10. The second kappa shape index (κ2) is 6.16. The molecule has 0 saturated heterocycles. The molecule has 0 unspecified atom stereocenters. The minimum atomic E-state index is -3.30. The van der Waals surface area contributed by atoms with Crippen LogP contribution in [0.25, 0.3) is 0 Å². The Morgan fingerprint density at radius 3 is 2.59 bits per heavy atom. The van der Waals surface area contributed by atoms with Crippen LogP contribution < -0.4 is 0 Å². The van der Waals surface area contributed by atoms with Crippen molar-refractivity contribution in [2.75, 3.05) is 5.75 Å². The zero-order valence-electron chi connectivity index (χ0n) is 14.2. The van der Waals surface area contributed by atoms with Gasteiger partial charge >= 0.3 is 5.97 Å². The SMILES string of the molecule is O=C(O)[C@@H]1Cc2cc(F)ccc2CN1C(=O)c1ccc2c(c1)CCS2(=O)=O. The maximum Gasteiger partial charge on any atom is 0.326 e. The van der Waals surface area contributed by atoms with Crippen LogP contribution in [0.4, 0.5) is 4.39 Å². The number of hydrogen-bond acceptors (Lipinski definition) is 4. The molecular weight excluding hydrogens is 373 g/mol. The number of nitrogens with zero attached hydrogens (tertiary/aromatic N) is 1. The zero-order chi connectivity index (χ0) is 19.3. The lowest BCUT2D eigenvalue weighted by Crippen LogP contribution is -2.48. The second-order valence-corrected chi connectivity index (χ2v) is 8.87. The van der Waals surface area contributed by atoms with E-state index in [4.69, 9.17) is 0 Å². The van der Waals surface area contributed by atoms with Crippen molar-refractivity contribution in [3.8, 4) is 0 Å². The highest BCUT2D eigenvalue weighted by molar-refractivity contribution is 7.91. The first-order valence-electron chi connectivity index (χ1n) is 8.43. The van der Waals surface area contributed by atoms with Crippen molar-refractivity contribution in [1.82, 2.24) is 4.90 Å². The predicted molar refractivity (Wildman–Crippen MR) is 93.6 cm³/mol. The fraction of sp³-hybridized carbons (Fsp3) is 0.263. The first kappa shape index (κ1) is 17.7. The van der Waals surface area contributed by atoms with Crippen molar-refractivity contribution < 1.29 is 27.5 Å². The second-order valence-electron chi connectivity index (χ2n) is 6.80. The maximum atomic E-state index is 13.5. The van der Waals surface area contributed by atoms with E-state index in [9.17, 15) is 27.5 Å². The van der Waals surface area contributed by atoms with E-state index in [-0.39, 0.29) is 29.2 Å². The number of carbonyl (C=O) groups is 2. The van der Waals surface area contributed by atoms with Gasteiger partial charge in [0.2, 0.25) is 0 Å². The Bertz CT molecular complexity index is 1080. The Labute approximate surface area is 155 Å². The quantitative estimate of drug-likeness (QED) is 0.846. The zero-order valence-corrected chi connectivity index (χ0v) is 15.0. The largest absolute Gasteiger partial charge is 0.480 e. The number of carboxylic acid groups (broad SMARTS) is 1. The minimum Gasteiger partial charge on any atom is -0.480 e. The minimum absolute atomic E-state index is 0.0143. The van der Waals surface area contributed by atoms with Gasteiger partial charge in [-0.2, -0.15) is 0 Å². The summed E-state index contributed by atoms with van der Waals surface area (Å²) in [6, 6.07) is 7.39. The molecule has 1 N–H and O–H groups in total. The molecule has 4 rings (SSSR count). The van der Waals surface area contributed by atoms with Crippen molar-refractivity contribution in [3.05, 3.63) is 64.5 Å². The molecule has 2 aliphatic rings. The first-order chi connectivity index (χ1) is 12.8. The molecule has 0 bridgehead atoms. The number of hydrogen-bond donors (Lipinski definition) is 1. The number of sulfone groups is 1. The molecule has 140 valence electrons. The third kappa shape index (κ3) is 2.99. The molecule has 0 saturated carbocycles. The van der Waals surface area contributed by atoms with Crippen molar-refractivity contribution in [2.45, 2.75) is 30.3 Å². The van der Waals surface area contributed by atoms with Gasteiger partial charge in [0, 0.05) is 18.5 Å². The van der Waals surface area contributed by atoms with Gasteiger partial charge in [-0.15, -0.1) is 0 Å². The molecule has 2 aromatic carbocycles. The summed E-state index contributed by atoms with van der Waals surface area (Å²) in [7, 11) is -3.30. The molecule has 0 spiro atoms. The average molecular weight is 389 g/mol. The number of fused-ring (bicyclic) bond motifs is 2. The molecule has 0 fully saturated rings. The summed E-state index contributed by atoms with van der Waals surface area (Å²) in [5.74, 6) is -2.08. The molecular formula is C19H16FNO5S. The molecule has 2 heterocycles. The van der Waals surface area contributed by atoms with Crippen LogP contribution in [0.15, 0.2) is 41.3 Å². The Kier molecular flexibility index (Phi) is 4.03. The number of aliphatic carboxylic acids is 1. The average Bonchev–Trinajstić information content (AvgIpc) is 2.94. The highest BCUT2D eigenvalue weighted by Gasteiger charge is 2.36. The fourth-order valence-electron chi connectivity index (χ4n) is 3.72. The lowest BCUT2D eigenvalue weighted by atomic mass is 9.93. The lowest BCUT2D eigenvalue weighted by Gasteiger charge is -2.34. The summed E-state index contributed by atoms with van der Waals surface area (Å²) in [6.45, 7) is 0.0563. The summed E-state index contributed by atoms with van der Waals surface area (Å²) in [5, 5.41) is 9.56. The molecule has 6 nitrogen and oxygen atoms in total. The van der Waals surface area contributed by atoms with Gasteiger partial charge in [-0.1, -0.05) is 6.07 Å². The van der Waals surface area contributed by atoms with E-state index >= 15 is 0 Å². The maximum absolute atomic E-state index is 13.5. The number of amides is 1. The molecule has 8 heteroatoms. The highest BCUT2D eigenvalue weighted by Crippen LogP contribution is 2.29. The van der Waals surface area contributed by atoms with Gasteiger partial charge in [-0.3, -0.25) is 4.79 Å². The monoisotopic (exact) mass is 389 g/mol. The smallest absolute Gasteiger partial charge is 0.326 e. The number of halogens is 1.